The van der Waals surface area contributed by atoms with Gasteiger partial charge in [0.15, 0.2) is 0 Å². The van der Waals surface area contributed by atoms with Crippen LogP contribution in [0.5, 0.6) is 0 Å². The van der Waals surface area contributed by atoms with E-state index in [0.717, 1.165) is 0 Å². The Bertz CT molecular complexity index is 115. The molecule has 2 nitrogen and oxygen atoms in total. The molecule has 1 aliphatic carbocycles. The molecule has 0 fully saturated rings. The van der Waals surface area contributed by atoms with Gasteiger partial charge in [0.2, 0.25) is 0 Å². The molecule has 0 aromatic rings. The SMILES string of the molecule is CC1=C(NN)[C@H]1C. The normalized spacial score (nSPS) is 28.1. The van der Waals surface area contributed by atoms with Crippen molar-refractivity contribution >= 4 is 0 Å². The van der Waals surface area contributed by atoms with Gasteiger partial charge in [-0.05, 0) is 12.5 Å². The van der Waals surface area contributed by atoms with Crippen LogP contribution in [0.15, 0.2) is 11.3 Å². The summed E-state index contributed by atoms with van der Waals surface area (Å²) in [6.07, 6.45) is 0. The maximum Gasteiger partial charge on any atom is 0.0324 e. The molecule has 0 bridgehead atoms. The standard InChI is InChI=1S/C5H10N2/c1-3-4(2)5(3)7-6/h3,7H,6H2,1-2H3/t3-/m0/s1. The Labute approximate surface area is 43.4 Å². The highest BCUT2D eigenvalue weighted by Crippen LogP contribution is 2.34. The molecule has 1 rings (SSSR count). The summed E-state index contributed by atoms with van der Waals surface area (Å²) in [6.45, 7) is 4.21. The molecule has 0 amide bonds. The number of rotatable bonds is 1. The first-order valence-corrected chi connectivity index (χ1v) is 2.44. The summed E-state index contributed by atoms with van der Waals surface area (Å²) >= 11 is 0. The molecule has 0 saturated heterocycles. The molecule has 0 radical (unpaired) electrons. The van der Waals surface area contributed by atoms with Crippen LogP contribution in [0.4, 0.5) is 0 Å². The summed E-state index contributed by atoms with van der Waals surface area (Å²) in [5, 5.41) is 0. The number of allylic oxidation sites excluding steroid dienone is 2. The van der Waals surface area contributed by atoms with Gasteiger partial charge in [0, 0.05) is 11.6 Å². The third-order valence-electron chi connectivity index (χ3n) is 1.58. The molecule has 0 unspecified atom stereocenters. The first-order chi connectivity index (χ1) is 3.27. The Balaban J connectivity index is 2.44. The van der Waals surface area contributed by atoms with Crippen LogP contribution < -0.4 is 11.3 Å². The molecule has 0 heterocycles. The second kappa shape index (κ2) is 1.23. The average Bonchev–Trinajstić information content (AvgIpc) is 2.17. The monoisotopic (exact) mass is 98.1 g/mol. The molecule has 0 aromatic carbocycles. The summed E-state index contributed by atoms with van der Waals surface area (Å²) in [5.41, 5.74) is 5.22. The summed E-state index contributed by atoms with van der Waals surface area (Å²) < 4.78 is 0. The number of hydrogen-bond acceptors (Lipinski definition) is 2. The summed E-state index contributed by atoms with van der Waals surface area (Å²) in [4.78, 5) is 0. The molecule has 0 aliphatic heterocycles. The Morgan fingerprint density at radius 1 is 1.71 bits per heavy atom. The summed E-state index contributed by atoms with van der Waals surface area (Å²) in [5.74, 6) is 5.74. The van der Waals surface area contributed by atoms with Gasteiger partial charge in [-0.1, -0.05) is 6.92 Å². The van der Waals surface area contributed by atoms with Gasteiger partial charge in [-0.2, -0.15) is 0 Å². The average molecular weight is 98.1 g/mol. The Morgan fingerprint density at radius 3 is 2.14 bits per heavy atom. The van der Waals surface area contributed by atoms with Gasteiger partial charge in [-0.3, -0.25) is 5.84 Å². The molecule has 2 heteroatoms. The van der Waals surface area contributed by atoms with Crippen molar-refractivity contribution in [3.63, 3.8) is 0 Å². The van der Waals surface area contributed by atoms with E-state index in [1.807, 2.05) is 0 Å². The lowest BCUT2D eigenvalue weighted by Gasteiger charge is -1.85. The predicted octanol–water partition coefficient (Wildman–Crippen LogP) is 0.373. The van der Waals surface area contributed by atoms with Crippen molar-refractivity contribution in [1.82, 2.24) is 5.43 Å². The topological polar surface area (TPSA) is 38.0 Å². The number of nitrogens with one attached hydrogen (secondary N) is 1. The van der Waals surface area contributed by atoms with Crippen LogP contribution in [0.2, 0.25) is 0 Å². The van der Waals surface area contributed by atoms with Gasteiger partial charge in [0.05, 0.1) is 0 Å². The van der Waals surface area contributed by atoms with E-state index in [0.29, 0.717) is 5.92 Å². The Kier molecular flexibility index (Phi) is 0.820. The first kappa shape index (κ1) is 4.65. The maximum atomic E-state index is 5.11. The minimum atomic E-state index is 0.630. The van der Waals surface area contributed by atoms with Gasteiger partial charge in [0.25, 0.3) is 0 Å². The zero-order valence-electron chi connectivity index (χ0n) is 4.65. The minimum absolute atomic E-state index is 0.630. The highest BCUT2D eigenvalue weighted by Gasteiger charge is 2.26. The summed E-state index contributed by atoms with van der Waals surface area (Å²) in [7, 11) is 0. The van der Waals surface area contributed by atoms with E-state index < -0.39 is 0 Å². The molecule has 1 atom stereocenters. The quantitative estimate of drug-likeness (QED) is 0.367. The van der Waals surface area contributed by atoms with Gasteiger partial charge >= 0.3 is 0 Å². The van der Waals surface area contributed by atoms with Crippen LogP contribution >= 0.6 is 0 Å². The van der Waals surface area contributed by atoms with Gasteiger partial charge < -0.3 is 5.43 Å². The van der Waals surface area contributed by atoms with Crippen molar-refractivity contribution in [2.24, 2.45) is 11.8 Å². The molecular formula is C5H10N2. The molecular weight excluding hydrogens is 88.1 g/mol. The fraction of sp³-hybridized carbons (Fsp3) is 0.600. The Hall–Kier alpha value is -0.500. The first-order valence-electron chi connectivity index (χ1n) is 2.44. The minimum Gasteiger partial charge on any atom is -0.328 e. The fourth-order valence-corrected chi connectivity index (χ4v) is 0.719. The van der Waals surface area contributed by atoms with Gasteiger partial charge in [0.1, 0.15) is 0 Å². The van der Waals surface area contributed by atoms with Crippen molar-refractivity contribution < 1.29 is 0 Å². The van der Waals surface area contributed by atoms with Gasteiger partial charge in [-0.15, -0.1) is 0 Å². The van der Waals surface area contributed by atoms with E-state index in [9.17, 15) is 0 Å². The van der Waals surface area contributed by atoms with Crippen LogP contribution in [-0.4, -0.2) is 0 Å². The van der Waals surface area contributed by atoms with E-state index in [-0.39, 0.29) is 0 Å². The zero-order valence-corrected chi connectivity index (χ0v) is 4.65. The Morgan fingerprint density at radius 2 is 2.14 bits per heavy atom. The van der Waals surface area contributed by atoms with Gasteiger partial charge in [-0.25, -0.2) is 0 Å². The number of nitrogens with two attached hydrogens (primary N) is 1. The number of hydrazine groups is 1. The largest absolute Gasteiger partial charge is 0.328 e. The molecule has 0 aromatic heterocycles. The molecule has 0 spiro atoms. The third-order valence-corrected chi connectivity index (χ3v) is 1.58. The van der Waals surface area contributed by atoms with Crippen LogP contribution in [0.1, 0.15) is 13.8 Å². The second-order valence-corrected chi connectivity index (χ2v) is 1.96. The zero-order chi connectivity index (χ0) is 5.44. The van der Waals surface area contributed by atoms with E-state index in [1.165, 1.54) is 11.3 Å². The predicted molar refractivity (Wildman–Crippen MR) is 29.2 cm³/mol. The lowest BCUT2D eigenvalue weighted by molar-refractivity contribution is 0.839. The van der Waals surface area contributed by atoms with E-state index >= 15 is 0 Å². The lowest BCUT2D eigenvalue weighted by atomic mass is 10.3. The van der Waals surface area contributed by atoms with Crippen molar-refractivity contribution in [3.8, 4) is 0 Å². The molecule has 40 valence electrons. The molecule has 7 heavy (non-hydrogen) atoms. The maximum absolute atomic E-state index is 5.11. The van der Waals surface area contributed by atoms with Crippen molar-refractivity contribution in [3.05, 3.63) is 11.3 Å². The van der Waals surface area contributed by atoms with Crippen LogP contribution in [0.25, 0.3) is 0 Å². The van der Waals surface area contributed by atoms with E-state index in [1.54, 1.807) is 0 Å². The summed E-state index contributed by atoms with van der Waals surface area (Å²) in [6, 6.07) is 0. The molecule has 0 saturated carbocycles. The van der Waals surface area contributed by atoms with Crippen LogP contribution in [0, 0.1) is 5.92 Å². The number of hydrogen-bond donors (Lipinski definition) is 2. The van der Waals surface area contributed by atoms with Crippen molar-refractivity contribution in [2.45, 2.75) is 13.8 Å². The fourth-order valence-electron chi connectivity index (χ4n) is 0.719. The highest BCUT2D eigenvalue weighted by molar-refractivity contribution is 5.35. The molecule has 1 aliphatic rings. The lowest BCUT2D eigenvalue weighted by Crippen LogP contribution is -2.16. The smallest absolute Gasteiger partial charge is 0.0324 e. The van der Waals surface area contributed by atoms with Crippen LogP contribution in [0.3, 0.4) is 0 Å². The van der Waals surface area contributed by atoms with Crippen molar-refractivity contribution in [1.29, 1.82) is 0 Å². The second-order valence-electron chi connectivity index (χ2n) is 1.96. The third kappa shape index (κ3) is 0.509. The van der Waals surface area contributed by atoms with Crippen molar-refractivity contribution in [2.75, 3.05) is 0 Å². The van der Waals surface area contributed by atoms with E-state index in [2.05, 4.69) is 19.3 Å². The highest BCUT2D eigenvalue weighted by atomic mass is 15.2. The molecule has 3 N–H and O–H groups in total. The van der Waals surface area contributed by atoms with Crippen LogP contribution in [-0.2, 0) is 0 Å². The van der Waals surface area contributed by atoms with E-state index in [4.69, 9.17) is 5.84 Å².